The summed E-state index contributed by atoms with van der Waals surface area (Å²) in [7, 11) is 0. The fourth-order valence-corrected chi connectivity index (χ4v) is 9.42. The molecule has 0 saturated carbocycles. The fourth-order valence-electron chi connectivity index (χ4n) is 9.42. The Bertz CT molecular complexity index is 3850. The third-order valence-electron chi connectivity index (χ3n) is 12.4. The third kappa shape index (κ3) is 5.69. The first-order chi connectivity index (χ1) is 31.2. The molecule has 9 aromatic carbocycles. The molecule has 0 aliphatic carbocycles. The molecule has 0 amide bonds. The number of furan rings is 1. The smallest absolute Gasteiger partial charge is 0.164 e. The molecular weight excluding hydrogens is 771 g/mol. The fraction of sp³-hybridized carbons (Fsp3) is 0. The predicted molar refractivity (Wildman–Crippen MR) is 258 cm³/mol. The van der Waals surface area contributed by atoms with Gasteiger partial charge in [0.1, 0.15) is 11.2 Å². The highest BCUT2D eigenvalue weighted by molar-refractivity contribution is 6.13. The summed E-state index contributed by atoms with van der Waals surface area (Å²) in [5, 5.41) is 6.89. The second-order valence-corrected chi connectivity index (χ2v) is 16.0. The summed E-state index contributed by atoms with van der Waals surface area (Å²) in [5.41, 5.74) is 13.6. The number of aromatic nitrogens is 5. The van der Waals surface area contributed by atoms with Crippen molar-refractivity contribution in [1.29, 1.82) is 0 Å². The second-order valence-electron chi connectivity index (χ2n) is 16.0. The molecule has 0 saturated heterocycles. The molecule has 0 fully saturated rings. The van der Waals surface area contributed by atoms with Gasteiger partial charge in [-0.25, -0.2) is 15.0 Å². The number of fused-ring (bicyclic) bond motifs is 9. The summed E-state index contributed by atoms with van der Waals surface area (Å²) in [6.07, 6.45) is 0. The molecule has 13 rings (SSSR count). The molecule has 0 atom stereocenters. The van der Waals surface area contributed by atoms with Crippen LogP contribution in [0, 0.1) is 0 Å². The van der Waals surface area contributed by atoms with Gasteiger partial charge >= 0.3 is 0 Å². The summed E-state index contributed by atoms with van der Waals surface area (Å²) < 4.78 is 11.2. The zero-order chi connectivity index (χ0) is 41.4. The Labute approximate surface area is 361 Å². The van der Waals surface area contributed by atoms with Crippen molar-refractivity contribution < 1.29 is 4.42 Å². The number of benzene rings is 9. The van der Waals surface area contributed by atoms with Gasteiger partial charge in [0, 0.05) is 60.4 Å². The highest BCUT2D eigenvalue weighted by Crippen LogP contribution is 2.40. The van der Waals surface area contributed by atoms with E-state index in [1.165, 1.54) is 38.1 Å². The van der Waals surface area contributed by atoms with Crippen molar-refractivity contribution in [3.8, 4) is 56.7 Å². The lowest BCUT2D eigenvalue weighted by Gasteiger charge is -2.10. The van der Waals surface area contributed by atoms with Crippen LogP contribution in [0.1, 0.15) is 0 Å². The molecule has 0 aliphatic heterocycles. The number of nitrogens with zero attached hydrogens (tertiary/aromatic N) is 5. The molecule has 0 unspecified atom stereocenters. The molecule has 294 valence electrons. The highest BCUT2D eigenvalue weighted by Gasteiger charge is 2.19. The van der Waals surface area contributed by atoms with Crippen LogP contribution in [0.25, 0.3) is 122 Å². The summed E-state index contributed by atoms with van der Waals surface area (Å²) in [6.45, 7) is 0. The Balaban J connectivity index is 0.963. The van der Waals surface area contributed by atoms with Gasteiger partial charge in [-0.05, 0) is 90.0 Å². The molecule has 0 radical (unpaired) electrons. The van der Waals surface area contributed by atoms with E-state index in [1.807, 2.05) is 72.8 Å². The predicted octanol–water partition coefficient (Wildman–Crippen LogP) is 14.6. The Kier molecular flexibility index (Phi) is 7.80. The van der Waals surface area contributed by atoms with Crippen molar-refractivity contribution in [1.82, 2.24) is 24.1 Å². The largest absolute Gasteiger partial charge is 0.456 e. The van der Waals surface area contributed by atoms with Gasteiger partial charge in [-0.3, -0.25) is 0 Å². The summed E-state index contributed by atoms with van der Waals surface area (Å²) in [4.78, 5) is 14.9. The van der Waals surface area contributed by atoms with Gasteiger partial charge in [-0.1, -0.05) is 133 Å². The normalized spacial score (nSPS) is 11.8. The molecule has 4 heterocycles. The summed E-state index contributed by atoms with van der Waals surface area (Å²) >= 11 is 0. The molecule has 13 aromatic rings. The lowest BCUT2D eigenvalue weighted by Crippen LogP contribution is -2.00. The van der Waals surface area contributed by atoms with Gasteiger partial charge in [-0.15, -0.1) is 0 Å². The average molecular weight is 806 g/mol. The Hall–Kier alpha value is -8.61. The van der Waals surface area contributed by atoms with Gasteiger partial charge in [-0.2, -0.15) is 0 Å². The lowest BCUT2D eigenvalue weighted by atomic mass is 10.0. The van der Waals surface area contributed by atoms with Gasteiger partial charge in [0.05, 0.1) is 22.1 Å². The molecule has 0 N–H and O–H groups in total. The van der Waals surface area contributed by atoms with Crippen molar-refractivity contribution in [3.05, 3.63) is 212 Å². The van der Waals surface area contributed by atoms with Crippen LogP contribution in [-0.4, -0.2) is 24.1 Å². The van der Waals surface area contributed by atoms with Crippen LogP contribution >= 0.6 is 0 Å². The average Bonchev–Trinajstić information content (AvgIpc) is 4.01. The first-order valence-corrected chi connectivity index (χ1v) is 21.2. The van der Waals surface area contributed by atoms with Crippen LogP contribution in [0.3, 0.4) is 0 Å². The van der Waals surface area contributed by atoms with E-state index in [0.29, 0.717) is 17.5 Å². The molecule has 6 nitrogen and oxygen atoms in total. The Morgan fingerprint density at radius 3 is 1.41 bits per heavy atom. The third-order valence-corrected chi connectivity index (χ3v) is 12.4. The van der Waals surface area contributed by atoms with Crippen LogP contribution in [-0.2, 0) is 0 Å². The topological polar surface area (TPSA) is 61.7 Å². The lowest BCUT2D eigenvalue weighted by molar-refractivity contribution is 0.669. The maximum atomic E-state index is 6.49. The van der Waals surface area contributed by atoms with Crippen LogP contribution in [0.5, 0.6) is 0 Å². The van der Waals surface area contributed by atoms with Gasteiger partial charge < -0.3 is 13.6 Å². The van der Waals surface area contributed by atoms with Crippen LogP contribution in [0.15, 0.2) is 217 Å². The Morgan fingerprint density at radius 2 is 0.730 bits per heavy atom. The zero-order valence-electron chi connectivity index (χ0n) is 33.9. The minimum atomic E-state index is 0.604. The quantitative estimate of drug-likeness (QED) is 0.168. The van der Waals surface area contributed by atoms with E-state index in [0.717, 1.165) is 66.6 Å². The van der Waals surface area contributed by atoms with E-state index in [2.05, 4.69) is 149 Å². The monoisotopic (exact) mass is 805 g/mol. The summed E-state index contributed by atoms with van der Waals surface area (Å²) in [5.74, 6) is 1.86. The number of hydrogen-bond donors (Lipinski definition) is 0. The van der Waals surface area contributed by atoms with Gasteiger partial charge in [0.2, 0.25) is 0 Å². The van der Waals surface area contributed by atoms with Crippen LogP contribution < -0.4 is 0 Å². The van der Waals surface area contributed by atoms with Crippen LogP contribution in [0.2, 0.25) is 0 Å². The van der Waals surface area contributed by atoms with Crippen molar-refractivity contribution in [3.63, 3.8) is 0 Å². The van der Waals surface area contributed by atoms with E-state index >= 15 is 0 Å². The van der Waals surface area contributed by atoms with E-state index in [9.17, 15) is 0 Å². The molecule has 6 heteroatoms. The molecule has 0 spiro atoms. The number of hydrogen-bond acceptors (Lipinski definition) is 4. The maximum absolute atomic E-state index is 6.49. The SMILES string of the molecule is c1ccc(-c2nc(-c3ccccc3)nc(-c3ccc4oc5ccc(-n6c7ccccc7c7ccc(-c8ccc9c(c8)c8ccccc8n9-c8ccccc8)cc76)cc5c4c3)n2)cc1. The van der Waals surface area contributed by atoms with E-state index in [1.54, 1.807) is 0 Å². The first kappa shape index (κ1) is 35.2. The molecule has 63 heavy (non-hydrogen) atoms. The first-order valence-electron chi connectivity index (χ1n) is 21.2. The van der Waals surface area contributed by atoms with E-state index in [4.69, 9.17) is 19.4 Å². The Morgan fingerprint density at radius 1 is 0.270 bits per heavy atom. The van der Waals surface area contributed by atoms with Crippen molar-refractivity contribution >= 4 is 65.6 Å². The standard InChI is InChI=1S/C57H35N5O/c1-4-14-36(15-5-1)55-58-56(37-16-6-2-7-17-37)60-57(59-55)40-26-30-53-47(33-40)48-35-42(27-31-54(48)63-53)62-49-22-12-10-20-43(49)45-28-24-39(34-52(45)62)38-25-29-51-46(32-38)44-21-11-13-23-50(44)61(51)41-18-8-3-9-19-41/h1-35H. The van der Waals surface area contributed by atoms with Crippen molar-refractivity contribution in [2.24, 2.45) is 0 Å². The zero-order valence-corrected chi connectivity index (χ0v) is 33.9. The molecule has 0 bridgehead atoms. The highest BCUT2D eigenvalue weighted by atomic mass is 16.3. The number of rotatable bonds is 6. The molecule has 4 aromatic heterocycles. The molecular formula is C57H35N5O. The minimum Gasteiger partial charge on any atom is -0.456 e. The van der Waals surface area contributed by atoms with Crippen molar-refractivity contribution in [2.45, 2.75) is 0 Å². The van der Waals surface area contributed by atoms with Gasteiger partial charge in [0.15, 0.2) is 17.5 Å². The maximum Gasteiger partial charge on any atom is 0.164 e. The van der Waals surface area contributed by atoms with Crippen molar-refractivity contribution in [2.75, 3.05) is 0 Å². The molecule has 0 aliphatic rings. The minimum absolute atomic E-state index is 0.604. The van der Waals surface area contributed by atoms with Crippen LogP contribution in [0.4, 0.5) is 0 Å². The number of para-hydroxylation sites is 3. The second kappa shape index (κ2) is 14.0. The summed E-state index contributed by atoms with van der Waals surface area (Å²) in [6, 6.07) is 74.6. The van der Waals surface area contributed by atoms with Gasteiger partial charge in [0.25, 0.3) is 0 Å². The van der Waals surface area contributed by atoms with E-state index in [-0.39, 0.29) is 0 Å². The van der Waals surface area contributed by atoms with E-state index < -0.39 is 0 Å².